The highest BCUT2D eigenvalue weighted by Gasteiger charge is 2.13. The molecule has 0 fully saturated rings. The van der Waals surface area contributed by atoms with Crippen LogP contribution in [0, 0.1) is 12.8 Å². The van der Waals surface area contributed by atoms with Gasteiger partial charge in [-0.25, -0.2) is 4.98 Å². The van der Waals surface area contributed by atoms with Gasteiger partial charge in [0.1, 0.15) is 18.2 Å². The number of imidazole rings is 1. The lowest BCUT2D eigenvalue weighted by molar-refractivity contribution is 0.286. The number of ether oxygens (including phenoxy) is 1. The second kappa shape index (κ2) is 6.86. The maximum Gasteiger partial charge on any atom is 0.148 e. The summed E-state index contributed by atoms with van der Waals surface area (Å²) in [6.07, 6.45) is 1.16. The molecular weight excluding hydrogens is 284 g/mol. The van der Waals surface area contributed by atoms with Crippen molar-refractivity contribution in [1.82, 2.24) is 9.55 Å². The van der Waals surface area contributed by atoms with Crippen molar-refractivity contribution < 1.29 is 4.74 Å². The van der Waals surface area contributed by atoms with Crippen molar-refractivity contribution in [3.8, 4) is 5.75 Å². The molecule has 1 unspecified atom stereocenters. The summed E-state index contributed by atoms with van der Waals surface area (Å²) in [6.45, 7) is 8.05. The van der Waals surface area contributed by atoms with E-state index in [1.165, 1.54) is 11.1 Å². The van der Waals surface area contributed by atoms with E-state index in [4.69, 9.17) is 9.72 Å². The van der Waals surface area contributed by atoms with Gasteiger partial charge in [-0.05, 0) is 37.1 Å². The van der Waals surface area contributed by atoms with Gasteiger partial charge in [0.25, 0.3) is 0 Å². The van der Waals surface area contributed by atoms with Crippen molar-refractivity contribution in [2.75, 3.05) is 0 Å². The lowest BCUT2D eigenvalue weighted by atomic mass is 10.1. The van der Waals surface area contributed by atoms with Crippen molar-refractivity contribution in [3.05, 3.63) is 59.9 Å². The van der Waals surface area contributed by atoms with Crippen LogP contribution >= 0.6 is 0 Å². The van der Waals surface area contributed by atoms with E-state index in [0.29, 0.717) is 12.5 Å². The summed E-state index contributed by atoms with van der Waals surface area (Å²) in [4.78, 5) is 4.77. The summed E-state index contributed by atoms with van der Waals surface area (Å²) < 4.78 is 8.25. The second-order valence-corrected chi connectivity index (χ2v) is 6.24. The molecule has 0 saturated carbocycles. The minimum absolute atomic E-state index is 0.494. The second-order valence-electron chi connectivity index (χ2n) is 6.24. The van der Waals surface area contributed by atoms with Gasteiger partial charge < -0.3 is 9.30 Å². The fourth-order valence-corrected chi connectivity index (χ4v) is 2.66. The first kappa shape index (κ1) is 15.6. The third kappa shape index (κ3) is 3.55. The maximum atomic E-state index is 5.95. The molecule has 1 atom stereocenters. The summed E-state index contributed by atoms with van der Waals surface area (Å²) in [5.74, 6) is 2.50. The quantitative estimate of drug-likeness (QED) is 0.643. The Morgan fingerprint density at radius 2 is 1.83 bits per heavy atom. The number of para-hydroxylation sites is 2. The molecule has 0 aliphatic rings. The summed E-state index contributed by atoms with van der Waals surface area (Å²) in [6, 6.07) is 16.5. The van der Waals surface area contributed by atoms with E-state index < -0.39 is 0 Å². The Morgan fingerprint density at radius 1 is 1.09 bits per heavy atom. The van der Waals surface area contributed by atoms with Crippen LogP contribution in [0.4, 0.5) is 0 Å². The van der Waals surface area contributed by atoms with Crippen LogP contribution in [0.15, 0.2) is 48.5 Å². The number of nitrogens with zero attached hydrogens (tertiary/aromatic N) is 2. The van der Waals surface area contributed by atoms with Gasteiger partial charge in [0, 0.05) is 6.54 Å². The number of aromatic nitrogens is 2. The number of fused-ring (bicyclic) bond motifs is 1. The lowest BCUT2D eigenvalue weighted by Crippen LogP contribution is -2.12. The van der Waals surface area contributed by atoms with E-state index in [0.717, 1.165) is 30.1 Å². The van der Waals surface area contributed by atoms with E-state index in [1.807, 2.05) is 18.2 Å². The zero-order chi connectivity index (χ0) is 16.2. The maximum absolute atomic E-state index is 5.95. The van der Waals surface area contributed by atoms with Crippen molar-refractivity contribution in [3.63, 3.8) is 0 Å². The first-order valence-electron chi connectivity index (χ1n) is 8.31. The molecule has 3 rings (SSSR count). The Labute approximate surface area is 137 Å². The third-order valence-corrected chi connectivity index (χ3v) is 4.31. The molecule has 0 radical (unpaired) electrons. The monoisotopic (exact) mass is 308 g/mol. The topological polar surface area (TPSA) is 27.1 Å². The van der Waals surface area contributed by atoms with Gasteiger partial charge in [0.15, 0.2) is 0 Å². The minimum atomic E-state index is 0.494. The number of hydrogen-bond acceptors (Lipinski definition) is 2. The largest absolute Gasteiger partial charge is 0.486 e. The summed E-state index contributed by atoms with van der Waals surface area (Å²) >= 11 is 0. The molecule has 3 aromatic rings. The third-order valence-electron chi connectivity index (χ3n) is 4.31. The van der Waals surface area contributed by atoms with Gasteiger partial charge in [0.2, 0.25) is 0 Å². The predicted molar refractivity (Wildman–Crippen MR) is 94.7 cm³/mol. The Hall–Kier alpha value is -2.29. The Bertz CT molecular complexity index is 774. The molecule has 3 nitrogen and oxygen atoms in total. The number of hydrogen-bond donors (Lipinski definition) is 0. The van der Waals surface area contributed by atoms with Gasteiger partial charge in [-0.15, -0.1) is 0 Å². The number of rotatable bonds is 6. The molecule has 0 aliphatic heterocycles. The van der Waals surface area contributed by atoms with Gasteiger partial charge in [-0.1, -0.05) is 50.1 Å². The Balaban J connectivity index is 1.86. The molecule has 2 aromatic carbocycles. The molecule has 23 heavy (non-hydrogen) atoms. The van der Waals surface area contributed by atoms with Crippen molar-refractivity contribution in [2.45, 2.75) is 40.3 Å². The molecule has 0 spiro atoms. The highest BCUT2D eigenvalue weighted by Crippen LogP contribution is 2.20. The van der Waals surface area contributed by atoms with Gasteiger partial charge >= 0.3 is 0 Å². The molecule has 0 bridgehead atoms. The van der Waals surface area contributed by atoms with Crippen molar-refractivity contribution >= 4 is 11.0 Å². The van der Waals surface area contributed by atoms with Crippen LogP contribution in [-0.4, -0.2) is 9.55 Å². The fourth-order valence-electron chi connectivity index (χ4n) is 2.66. The van der Waals surface area contributed by atoms with E-state index in [1.54, 1.807) is 0 Å². The normalized spacial score (nSPS) is 12.5. The summed E-state index contributed by atoms with van der Waals surface area (Å²) in [5, 5.41) is 0. The minimum Gasteiger partial charge on any atom is -0.486 e. The highest BCUT2D eigenvalue weighted by molar-refractivity contribution is 5.75. The molecule has 0 amide bonds. The van der Waals surface area contributed by atoms with Crippen LogP contribution in [0.25, 0.3) is 11.0 Å². The number of benzene rings is 2. The average Bonchev–Trinajstić information content (AvgIpc) is 2.92. The zero-order valence-electron chi connectivity index (χ0n) is 14.1. The predicted octanol–water partition coefficient (Wildman–Crippen LogP) is 4.97. The first-order chi connectivity index (χ1) is 11.2. The van der Waals surface area contributed by atoms with E-state index in [-0.39, 0.29) is 0 Å². The average molecular weight is 308 g/mol. The standard InChI is InChI=1S/C20H24N2O/c1-4-15(2)13-22-19-8-6-5-7-18(19)21-20(22)14-23-17-11-9-16(3)10-12-17/h5-12,15H,4,13-14H2,1-3H3. The summed E-state index contributed by atoms with van der Waals surface area (Å²) in [5.41, 5.74) is 3.47. The van der Waals surface area contributed by atoms with E-state index in [9.17, 15) is 0 Å². The molecule has 0 aliphatic carbocycles. The SMILES string of the molecule is CCC(C)Cn1c(COc2ccc(C)cc2)nc2ccccc21. The van der Waals surface area contributed by atoms with Crippen LogP contribution in [0.3, 0.4) is 0 Å². The van der Waals surface area contributed by atoms with Gasteiger partial charge in [-0.3, -0.25) is 0 Å². The van der Waals surface area contributed by atoms with Crippen LogP contribution in [0.5, 0.6) is 5.75 Å². The molecule has 0 N–H and O–H groups in total. The van der Waals surface area contributed by atoms with Gasteiger partial charge in [0.05, 0.1) is 11.0 Å². The summed E-state index contributed by atoms with van der Waals surface area (Å²) in [7, 11) is 0. The molecule has 120 valence electrons. The highest BCUT2D eigenvalue weighted by atomic mass is 16.5. The van der Waals surface area contributed by atoms with Crippen LogP contribution < -0.4 is 4.74 Å². The van der Waals surface area contributed by atoms with Gasteiger partial charge in [-0.2, -0.15) is 0 Å². The smallest absolute Gasteiger partial charge is 0.148 e. The number of aryl methyl sites for hydroxylation is 1. The molecular formula is C20H24N2O. The van der Waals surface area contributed by atoms with Crippen LogP contribution in [0.1, 0.15) is 31.7 Å². The Kier molecular flexibility index (Phi) is 4.65. The van der Waals surface area contributed by atoms with E-state index >= 15 is 0 Å². The zero-order valence-corrected chi connectivity index (χ0v) is 14.1. The van der Waals surface area contributed by atoms with Crippen LogP contribution in [-0.2, 0) is 13.2 Å². The molecule has 3 heteroatoms. The van der Waals surface area contributed by atoms with Crippen LogP contribution in [0.2, 0.25) is 0 Å². The van der Waals surface area contributed by atoms with E-state index in [2.05, 4.69) is 55.7 Å². The lowest BCUT2D eigenvalue weighted by Gasteiger charge is -2.14. The van der Waals surface area contributed by atoms with Crippen molar-refractivity contribution in [2.24, 2.45) is 5.92 Å². The molecule has 1 heterocycles. The fraction of sp³-hybridized carbons (Fsp3) is 0.350. The molecule has 1 aromatic heterocycles. The Morgan fingerprint density at radius 3 is 2.57 bits per heavy atom. The van der Waals surface area contributed by atoms with Crippen molar-refractivity contribution in [1.29, 1.82) is 0 Å². The first-order valence-corrected chi connectivity index (χ1v) is 8.31. The molecule has 0 saturated heterocycles.